The van der Waals surface area contributed by atoms with Crippen molar-refractivity contribution in [2.45, 2.75) is 45.7 Å². The Morgan fingerprint density at radius 2 is 2.14 bits per heavy atom. The minimum atomic E-state index is -0.229. The van der Waals surface area contributed by atoms with Crippen molar-refractivity contribution in [3.8, 4) is 0 Å². The van der Waals surface area contributed by atoms with Gasteiger partial charge in [0.05, 0.1) is 0 Å². The minimum Gasteiger partial charge on any atom is -0.396 e. The topological polar surface area (TPSA) is 66.3 Å². The maximum atomic E-state index is 12.0. The van der Waals surface area contributed by atoms with Gasteiger partial charge in [-0.05, 0) is 43.5 Å². The lowest BCUT2D eigenvalue weighted by molar-refractivity contribution is 0.237. The maximum absolute atomic E-state index is 12.0. The van der Waals surface area contributed by atoms with E-state index in [9.17, 15) is 4.79 Å². The molecule has 0 bridgehead atoms. The zero-order chi connectivity index (χ0) is 15.9. The van der Waals surface area contributed by atoms with Crippen molar-refractivity contribution >= 4 is 22.6 Å². The van der Waals surface area contributed by atoms with Gasteiger partial charge in [0.15, 0.2) is 0 Å². The minimum absolute atomic E-state index is 0.000584. The van der Waals surface area contributed by atoms with Gasteiger partial charge >= 0.3 is 6.03 Å². The Morgan fingerprint density at radius 3 is 2.82 bits per heavy atom. The summed E-state index contributed by atoms with van der Waals surface area (Å²) in [5, 5.41) is 15.8. The predicted molar refractivity (Wildman–Crippen MR) is 90.2 cm³/mol. The third-order valence-electron chi connectivity index (χ3n) is 3.80. The third-order valence-corrected chi connectivity index (χ3v) is 3.80. The Balaban J connectivity index is 2.03. The van der Waals surface area contributed by atoms with E-state index in [0.717, 1.165) is 30.5 Å². The number of carbonyl (C=O) groups excluding carboxylic acids is 1. The lowest BCUT2D eigenvalue weighted by Gasteiger charge is -2.16. The number of nitrogens with one attached hydrogen (secondary N) is 2. The smallest absolute Gasteiger partial charge is 0.319 e. The van der Waals surface area contributed by atoms with Crippen LogP contribution in [0.2, 0.25) is 0 Å². The van der Waals surface area contributed by atoms with Crippen molar-refractivity contribution in [3.63, 3.8) is 0 Å². The highest BCUT2D eigenvalue weighted by Crippen LogP contribution is 2.21. The molecular weight excluding hydrogens is 278 g/mol. The first-order valence-corrected chi connectivity index (χ1v) is 7.95. The number of urea groups is 1. The molecule has 2 amide bonds. The number of aryl methyl sites for hydroxylation is 1. The second-order valence-corrected chi connectivity index (χ2v) is 5.50. The van der Waals surface area contributed by atoms with Gasteiger partial charge in [-0.15, -0.1) is 0 Å². The first kappa shape index (κ1) is 16.4. The monoisotopic (exact) mass is 303 g/mol. The molecule has 3 N–H and O–H groups in total. The summed E-state index contributed by atoms with van der Waals surface area (Å²) in [6.45, 7) is 5.22. The molecule has 1 atom stereocenters. The second-order valence-electron chi connectivity index (χ2n) is 5.50. The van der Waals surface area contributed by atoms with Gasteiger partial charge < -0.3 is 20.3 Å². The third kappa shape index (κ3) is 4.01. The number of benzene rings is 1. The Bertz CT molecular complexity index is 621. The number of amides is 2. The van der Waals surface area contributed by atoms with Crippen molar-refractivity contribution < 1.29 is 9.90 Å². The van der Waals surface area contributed by atoms with Crippen LogP contribution in [-0.2, 0) is 6.54 Å². The Morgan fingerprint density at radius 1 is 1.32 bits per heavy atom. The van der Waals surface area contributed by atoms with E-state index in [1.807, 2.05) is 25.1 Å². The summed E-state index contributed by atoms with van der Waals surface area (Å²) in [5.41, 5.74) is 1.96. The fraction of sp³-hybridized carbons (Fsp3) is 0.471. The number of nitrogens with zero attached hydrogens (tertiary/aromatic N) is 1. The Labute approximate surface area is 131 Å². The molecule has 0 saturated carbocycles. The highest BCUT2D eigenvalue weighted by molar-refractivity contribution is 5.93. The summed E-state index contributed by atoms with van der Waals surface area (Å²) in [7, 11) is 0. The summed E-state index contributed by atoms with van der Waals surface area (Å²) in [4.78, 5) is 12.0. The fourth-order valence-corrected chi connectivity index (χ4v) is 2.60. The van der Waals surface area contributed by atoms with Crippen molar-refractivity contribution in [1.29, 1.82) is 0 Å². The molecule has 5 heteroatoms. The fourth-order valence-electron chi connectivity index (χ4n) is 2.60. The highest BCUT2D eigenvalue weighted by atomic mass is 16.3. The summed E-state index contributed by atoms with van der Waals surface area (Å²) >= 11 is 0. The molecule has 0 aliphatic heterocycles. The molecule has 1 heterocycles. The number of aliphatic hydroxyl groups is 1. The number of anilines is 1. The average molecular weight is 303 g/mol. The van der Waals surface area contributed by atoms with Gasteiger partial charge in [0.1, 0.15) is 0 Å². The Hall–Kier alpha value is -2.01. The van der Waals surface area contributed by atoms with Crippen LogP contribution >= 0.6 is 0 Å². The number of aliphatic hydroxyl groups excluding tert-OH is 1. The molecule has 0 saturated heterocycles. The molecule has 0 fully saturated rings. The first-order chi connectivity index (χ1) is 10.7. The van der Waals surface area contributed by atoms with E-state index in [-0.39, 0.29) is 18.7 Å². The van der Waals surface area contributed by atoms with E-state index in [1.54, 1.807) is 0 Å². The van der Waals surface area contributed by atoms with Gasteiger partial charge in [0.25, 0.3) is 0 Å². The molecule has 5 nitrogen and oxygen atoms in total. The quantitative estimate of drug-likeness (QED) is 0.734. The van der Waals surface area contributed by atoms with Crippen LogP contribution in [0.1, 0.15) is 33.1 Å². The standard InChI is InChI=1S/C17H25N3O2/c1-3-9-20-10-7-13-12-15(5-6-16(13)20)19-17(22)18-14(4-2)8-11-21/h5-7,10,12,14,21H,3-4,8-9,11H2,1-2H3,(H2,18,19,22). The maximum Gasteiger partial charge on any atom is 0.319 e. The van der Waals surface area contributed by atoms with Gasteiger partial charge in [-0.1, -0.05) is 13.8 Å². The van der Waals surface area contributed by atoms with Gasteiger partial charge in [-0.3, -0.25) is 0 Å². The molecule has 1 aromatic carbocycles. The molecule has 120 valence electrons. The molecule has 2 aromatic rings. The van der Waals surface area contributed by atoms with Crippen LogP contribution < -0.4 is 10.6 Å². The zero-order valence-corrected chi connectivity index (χ0v) is 13.3. The summed E-state index contributed by atoms with van der Waals surface area (Å²) in [6, 6.07) is 7.77. The lowest BCUT2D eigenvalue weighted by Crippen LogP contribution is -2.38. The van der Waals surface area contributed by atoms with Crippen LogP contribution in [0.3, 0.4) is 0 Å². The highest BCUT2D eigenvalue weighted by Gasteiger charge is 2.10. The summed E-state index contributed by atoms with van der Waals surface area (Å²) in [5.74, 6) is 0. The van der Waals surface area contributed by atoms with E-state index in [2.05, 4.69) is 34.4 Å². The van der Waals surface area contributed by atoms with Crippen LogP contribution in [0, 0.1) is 0 Å². The number of fused-ring (bicyclic) bond motifs is 1. The molecule has 1 aromatic heterocycles. The van der Waals surface area contributed by atoms with E-state index in [0.29, 0.717) is 6.42 Å². The van der Waals surface area contributed by atoms with Crippen molar-refractivity contribution in [2.75, 3.05) is 11.9 Å². The number of hydrogen-bond acceptors (Lipinski definition) is 2. The molecule has 0 spiro atoms. The summed E-state index contributed by atoms with van der Waals surface area (Å²) < 4.78 is 2.22. The number of aromatic nitrogens is 1. The van der Waals surface area contributed by atoms with E-state index in [1.165, 1.54) is 5.52 Å². The molecule has 2 rings (SSSR count). The molecule has 0 aliphatic carbocycles. The van der Waals surface area contributed by atoms with E-state index < -0.39 is 0 Å². The van der Waals surface area contributed by atoms with Crippen LogP contribution in [0.5, 0.6) is 0 Å². The molecule has 22 heavy (non-hydrogen) atoms. The SMILES string of the molecule is CCCn1ccc2cc(NC(=O)NC(CC)CCO)ccc21. The average Bonchev–Trinajstić information content (AvgIpc) is 2.89. The molecule has 1 unspecified atom stereocenters. The second kappa shape index (κ2) is 7.84. The molecule has 0 radical (unpaired) electrons. The van der Waals surface area contributed by atoms with Crippen LogP contribution in [0.25, 0.3) is 10.9 Å². The van der Waals surface area contributed by atoms with Gasteiger partial charge in [0.2, 0.25) is 0 Å². The number of rotatable bonds is 7. The van der Waals surface area contributed by atoms with Crippen LogP contribution in [0.4, 0.5) is 10.5 Å². The van der Waals surface area contributed by atoms with Crippen LogP contribution in [-0.4, -0.2) is 28.4 Å². The van der Waals surface area contributed by atoms with E-state index >= 15 is 0 Å². The predicted octanol–water partition coefficient (Wildman–Crippen LogP) is 3.33. The van der Waals surface area contributed by atoms with Gasteiger partial charge in [-0.25, -0.2) is 4.79 Å². The van der Waals surface area contributed by atoms with Crippen LogP contribution in [0.15, 0.2) is 30.5 Å². The lowest BCUT2D eigenvalue weighted by atomic mass is 10.1. The normalized spacial score (nSPS) is 12.3. The van der Waals surface area contributed by atoms with Crippen molar-refractivity contribution in [2.24, 2.45) is 0 Å². The Kier molecular flexibility index (Phi) is 5.83. The first-order valence-electron chi connectivity index (χ1n) is 7.95. The van der Waals surface area contributed by atoms with Gasteiger partial charge in [-0.2, -0.15) is 0 Å². The molecule has 0 aliphatic rings. The van der Waals surface area contributed by atoms with Gasteiger partial charge in [0, 0.05) is 42.0 Å². The zero-order valence-electron chi connectivity index (χ0n) is 13.3. The molecular formula is C17H25N3O2. The van der Waals surface area contributed by atoms with Crippen molar-refractivity contribution in [1.82, 2.24) is 9.88 Å². The van der Waals surface area contributed by atoms with Crippen molar-refractivity contribution in [3.05, 3.63) is 30.5 Å². The number of carbonyl (C=O) groups is 1. The van der Waals surface area contributed by atoms with E-state index in [4.69, 9.17) is 5.11 Å². The largest absolute Gasteiger partial charge is 0.396 e. The summed E-state index contributed by atoms with van der Waals surface area (Å²) in [6.07, 6.45) is 4.54. The number of hydrogen-bond donors (Lipinski definition) is 3.